The third-order valence-corrected chi connectivity index (χ3v) is 2.72. The number of carbonyl (C=O) groups excluding carboxylic acids is 2. The predicted molar refractivity (Wildman–Crippen MR) is 76.7 cm³/mol. The van der Waals surface area contributed by atoms with Crippen LogP contribution in [0.4, 0.5) is 16.2 Å². The molecule has 1 aromatic rings. The van der Waals surface area contributed by atoms with Crippen molar-refractivity contribution in [1.82, 2.24) is 5.32 Å². The molecule has 1 aliphatic heterocycles. The predicted octanol–water partition coefficient (Wildman–Crippen LogP) is 0.924. The molecule has 1 aliphatic rings. The molecule has 1 aromatic carbocycles. The number of hydrogen-bond donors (Lipinski definition) is 3. The Hall–Kier alpha value is -1.79. The fraction of sp³-hybridized carbons (Fsp3) is 0.333. The molecule has 0 radical (unpaired) electrons. The first-order valence-corrected chi connectivity index (χ1v) is 5.80. The fourth-order valence-electron chi connectivity index (χ4n) is 1.70. The van der Waals surface area contributed by atoms with Crippen molar-refractivity contribution >= 4 is 35.7 Å². The number of nitrogens with zero attached hydrogens (tertiary/aromatic N) is 1. The first kappa shape index (κ1) is 15.3. The second-order valence-electron chi connectivity index (χ2n) is 4.21. The molecular weight excluding hydrogens is 268 g/mol. The number of nitrogens with two attached hydrogens (primary N) is 1. The smallest absolute Gasteiger partial charge is 0.321 e. The zero-order chi connectivity index (χ0) is 13.1. The first-order chi connectivity index (χ1) is 8.58. The van der Waals surface area contributed by atoms with Crippen LogP contribution in [0.5, 0.6) is 0 Å². The van der Waals surface area contributed by atoms with Gasteiger partial charge in [0.2, 0.25) is 5.91 Å². The van der Waals surface area contributed by atoms with Crippen molar-refractivity contribution in [2.75, 3.05) is 23.3 Å². The number of amides is 3. The van der Waals surface area contributed by atoms with E-state index in [4.69, 9.17) is 5.73 Å². The van der Waals surface area contributed by atoms with E-state index in [-0.39, 0.29) is 24.3 Å². The molecule has 19 heavy (non-hydrogen) atoms. The van der Waals surface area contributed by atoms with Crippen LogP contribution in [0.25, 0.3) is 0 Å². The molecule has 0 aromatic heterocycles. The van der Waals surface area contributed by atoms with Crippen molar-refractivity contribution in [3.8, 4) is 0 Å². The molecule has 0 aliphatic carbocycles. The average Bonchev–Trinajstić information content (AvgIpc) is 2.76. The topological polar surface area (TPSA) is 87.5 Å². The van der Waals surface area contributed by atoms with Crippen LogP contribution in [0.2, 0.25) is 0 Å². The lowest BCUT2D eigenvalue weighted by molar-refractivity contribution is -0.117. The lowest BCUT2D eigenvalue weighted by Gasteiger charge is -2.15. The molecule has 1 atom stereocenters. The lowest BCUT2D eigenvalue weighted by Crippen LogP contribution is -2.32. The third-order valence-electron chi connectivity index (χ3n) is 2.72. The summed E-state index contributed by atoms with van der Waals surface area (Å²) >= 11 is 0. The Morgan fingerprint density at radius 3 is 2.53 bits per heavy atom. The van der Waals surface area contributed by atoms with Crippen molar-refractivity contribution in [3.63, 3.8) is 0 Å². The van der Waals surface area contributed by atoms with Gasteiger partial charge in [-0.2, -0.15) is 0 Å². The molecule has 0 unspecified atom stereocenters. The maximum atomic E-state index is 11.5. The summed E-state index contributed by atoms with van der Waals surface area (Å²) < 4.78 is 0. The summed E-state index contributed by atoms with van der Waals surface area (Å²) in [5.74, 6) is -0.235. The maximum absolute atomic E-state index is 11.5. The molecule has 0 spiro atoms. The molecule has 1 fully saturated rings. The van der Waals surface area contributed by atoms with Gasteiger partial charge in [-0.25, -0.2) is 4.79 Å². The van der Waals surface area contributed by atoms with Gasteiger partial charge in [0.1, 0.15) is 0 Å². The molecule has 4 N–H and O–H groups in total. The monoisotopic (exact) mass is 284 g/mol. The molecule has 0 bridgehead atoms. The minimum Gasteiger partial charge on any atom is -0.336 e. The van der Waals surface area contributed by atoms with Crippen LogP contribution in [0, 0.1) is 0 Å². The van der Waals surface area contributed by atoms with Crippen molar-refractivity contribution in [1.29, 1.82) is 0 Å². The van der Waals surface area contributed by atoms with Crippen molar-refractivity contribution in [3.05, 3.63) is 24.3 Å². The highest BCUT2D eigenvalue weighted by Crippen LogP contribution is 2.19. The largest absolute Gasteiger partial charge is 0.336 e. The number of carbonyl (C=O) groups is 2. The van der Waals surface area contributed by atoms with E-state index in [0.29, 0.717) is 18.8 Å². The van der Waals surface area contributed by atoms with Crippen LogP contribution in [-0.2, 0) is 4.79 Å². The summed E-state index contributed by atoms with van der Waals surface area (Å²) in [5.41, 5.74) is 6.93. The van der Waals surface area contributed by atoms with Gasteiger partial charge in [-0.15, -0.1) is 12.4 Å². The van der Waals surface area contributed by atoms with Gasteiger partial charge in [0.15, 0.2) is 0 Å². The molecule has 3 amide bonds. The van der Waals surface area contributed by atoms with Gasteiger partial charge in [-0.05, 0) is 31.2 Å². The van der Waals surface area contributed by atoms with E-state index < -0.39 is 6.04 Å². The number of urea groups is 1. The van der Waals surface area contributed by atoms with Gasteiger partial charge >= 0.3 is 6.03 Å². The average molecular weight is 285 g/mol. The van der Waals surface area contributed by atoms with E-state index >= 15 is 0 Å². The molecular formula is C12H17ClN4O2. The molecule has 1 heterocycles. The van der Waals surface area contributed by atoms with Crippen molar-refractivity contribution < 1.29 is 9.59 Å². The van der Waals surface area contributed by atoms with Crippen LogP contribution in [0.1, 0.15) is 6.92 Å². The zero-order valence-corrected chi connectivity index (χ0v) is 11.4. The normalized spacial score (nSPS) is 15.5. The van der Waals surface area contributed by atoms with Gasteiger partial charge < -0.3 is 16.4 Å². The molecule has 1 saturated heterocycles. The first-order valence-electron chi connectivity index (χ1n) is 5.80. The van der Waals surface area contributed by atoms with Crippen molar-refractivity contribution in [2.45, 2.75) is 13.0 Å². The number of rotatable bonds is 3. The van der Waals surface area contributed by atoms with Crippen LogP contribution >= 0.6 is 12.4 Å². The standard InChI is InChI=1S/C12H16N4O2.ClH/c1-8(13)11(17)15-9-2-4-10(5-3-9)16-7-6-14-12(16)18;/h2-5,8H,6-7,13H2,1H3,(H,14,18)(H,15,17);1H/t8-;/m1./s1. The summed E-state index contributed by atoms with van der Waals surface area (Å²) in [4.78, 5) is 24.5. The van der Waals surface area contributed by atoms with Crippen LogP contribution in [-0.4, -0.2) is 31.1 Å². The van der Waals surface area contributed by atoms with E-state index in [0.717, 1.165) is 5.69 Å². The summed E-state index contributed by atoms with van der Waals surface area (Å²) in [5, 5.41) is 5.42. The van der Waals surface area contributed by atoms with Gasteiger partial charge in [0.25, 0.3) is 0 Å². The molecule has 104 valence electrons. The summed E-state index contributed by atoms with van der Waals surface area (Å²) in [6.07, 6.45) is 0. The number of nitrogens with one attached hydrogen (secondary N) is 2. The minimum atomic E-state index is -0.547. The van der Waals surface area contributed by atoms with Crippen molar-refractivity contribution in [2.24, 2.45) is 5.73 Å². The Morgan fingerprint density at radius 2 is 2.05 bits per heavy atom. The van der Waals surface area contributed by atoms with E-state index in [1.165, 1.54) is 0 Å². The number of anilines is 2. The second-order valence-corrected chi connectivity index (χ2v) is 4.21. The molecule has 7 heteroatoms. The Kier molecular flexibility index (Phi) is 5.14. The summed E-state index contributed by atoms with van der Waals surface area (Å²) in [7, 11) is 0. The van der Waals surface area contributed by atoms with Gasteiger partial charge in [-0.3, -0.25) is 9.69 Å². The van der Waals surface area contributed by atoms with E-state index in [1.54, 1.807) is 36.1 Å². The van der Waals surface area contributed by atoms with Gasteiger partial charge in [-0.1, -0.05) is 0 Å². The van der Waals surface area contributed by atoms with Crippen LogP contribution in [0.3, 0.4) is 0 Å². The van der Waals surface area contributed by atoms with Crippen LogP contribution in [0.15, 0.2) is 24.3 Å². The third kappa shape index (κ3) is 3.59. The minimum absolute atomic E-state index is 0. The Morgan fingerprint density at radius 1 is 1.42 bits per heavy atom. The quantitative estimate of drug-likeness (QED) is 0.771. The highest BCUT2D eigenvalue weighted by Gasteiger charge is 2.20. The Bertz CT molecular complexity index is 461. The molecule has 0 saturated carbocycles. The highest BCUT2D eigenvalue weighted by molar-refractivity contribution is 5.96. The number of halogens is 1. The zero-order valence-electron chi connectivity index (χ0n) is 10.6. The number of hydrogen-bond acceptors (Lipinski definition) is 3. The molecule has 2 rings (SSSR count). The maximum Gasteiger partial charge on any atom is 0.321 e. The summed E-state index contributed by atoms with van der Waals surface area (Å²) in [6.45, 7) is 2.94. The van der Waals surface area contributed by atoms with Gasteiger partial charge in [0.05, 0.1) is 6.04 Å². The van der Waals surface area contributed by atoms with Gasteiger partial charge in [0, 0.05) is 24.5 Å². The SMILES string of the molecule is C[C@@H](N)C(=O)Nc1ccc(N2CCNC2=O)cc1.Cl. The fourth-order valence-corrected chi connectivity index (χ4v) is 1.70. The second kappa shape index (κ2) is 6.40. The highest BCUT2D eigenvalue weighted by atomic mass is 35.5. The Balaban J connectivity index is 0.00000180. The van der Waals surface area contributed by atoms with E-state index in [9.17, 15) is 9.59 Å². The van der Waals surface area contributed by atoms with E-state index in [2.05, 4.69) is 10.6 Å². The number of benzene rings is 1. The Labute approximate surface area is 117 Å². The molecule has 6 nitrogen and oxygen atoms in total. The lowest BCUT2D eigenvalue weighted by atomic mass is 10.2. The van der Waals surface area contributed by atoms with E-state index in [1.807, 2.05) is 0 Å². The summed E-state index contributed by atoms with van der Waals surface area (Å²) in [6, 6.07) is 6.45. The van der Waals surface area contributed by atoms with Crippen LogP contribution < -0.4 is 21.3 Å².